The predicted octanol–water partition coefficient (Wildman–Crippen LogP) is 6.24. The van der Waals surface area contributed by atoms with Crippen LogP contribution in [0, 0.1) is 12.8 Å². The van der Waals surface area contributed by atoms with Crippen LogP contribution in [0.4, 0.5) is 0 Å². The number of rotatable bonds is 12. The predicted molar refractivity (Wildman–Crippen MR) is 150 cm³/mol. The van der Waals surface area contributed by atoms with Crippen LogP contribution >= 0.6 is 11.8 Å². The van der Waals surface area contributed by atoms with Crippen LogP contribution in [0.1, 0.15) is 79.3 Å². The number of amides is 1. The molecule has 35 heavy (non-hydrogen) atoms. The molecule has 1 saturated carbocycles. The van der Waals surface area contributed by atoms with Gasteiger partial charge >= 0.3 is 35.5 Å². The summed E-state index contributed by atoms with van der Waals surface area (Å²) in [6, 6.07) is 13.2. The topological polar surface area (TPSA) is 66.4 Å². The summed E-state index contributed by atoms with van der Waals surface area (Å²) in [5, 5.41) is 12.3. The van der Waals surface area contributed by atoms with Crippen molar-refractivity contribution < 1.29 is 14.7 Å². The Bertz CT molecular complexity index is 959. The molecular weight excluding hydrogens is 465 g/mol. The summed E-state index contributed by atoms with van der Waals surface area (Å²) < 4.78 is 0. The maximum absolute atomic E-state index is 13.2. The van der Waals surface area contributed by atoms with Crippen LogP contribution in [0.5, 0.6) is 0 Å². The molecule has 2 aromatic rings. The van der Waals surface area contributed by atoms with E-state index >= 15 is 0 Å². The average molecular weight is 506 g/mol. The summed E-state index contributed by atoms with van der Waals surface area (Å²) >= 11 is 1.58. The van der Waals surface area contributed by atoms with E-state index in [2.05, 4.69) is 11.4 Å². The van der Waals surface area contributed by atoms with E-state index in [-0.39, 0.29) is 35.5 Å². The van der Waals surface area contributed by atoms with Crippen molar-refractivity contribution in [3.63, 3.8) is 0 Å². The summed E-state index contributed by atoms with van der Waals surface area (Å²) in [5.74, 6) is 0.280. The first-order valence-electron chi connectivity index (χ1n) is 12.7. The molecule has 1 atom stereocenters. The first-order valence-corrected chi connectivity index (χ1v) is 14.1. The summed E-state index contributed by atoms with van der Waals surface area (Å²) in [5.41, 5.74) is 4.77. The quantitative estimate of drug-likeness (QED) is 0.265. The second kappa shape index (κ2) is 15.8. The number of hydrogen-bond acceptors (Lipinski definition) is 3. The number of hydrogen-bond donors (Lipinski definition) is 2. The Balaban J connectivity index is 0.00000432. The van der Waals surface area contributed by atoms with Gasteiger partial charge < -0.3 is 10.4 Å². The molecule has 3 rings (SSSR count). The molecule has 2 N–H and O–H groups in total. The van der Waals surface area contributed by atoms with E-state index in [9.17, 15) is 14.7 Å². The van der Waals surface area contributed by atoms with Gasteiger partial charge in [0.05, 0.1) is 0 Å². The van der Waals surface area contributed by atoms with Crippen LogP contribution in [-0.2, 0) is 11.2 Å². The van der Waals surface area contributed by atoms with Gasteiger partial charge in [-0.25, -0.2) is 4.79 Å². The van der Waals surface area contributed by atoms with Crippen molar-refractivity contribution in [2.45, 2.75) is 77.2 Å². The number of nitrogens with one attached hydrogen (secondary N) is 1. The molecule has 0 saturated heterocycles. The molecule has 1 unspecified atom stereocenters. The third-order valence-corrected chi connectivity index (χ3v) is 7.67. The second-order valence-corrected chi connectivity index (χ2v) is 10.6. The molecule has 0 spiro atoms. The van der Waals surface area contributed by atoms with Crippen molar-refractivity contribution in [2.24, 2.45) is 5.92 Å². The summed E-state index contributed by atoms with van der Waals surface area (Å²) in [6.07, 6.45) is 14.1. The Morgan fingerprint density at radius 2 is 1.80 bits per heavy atom. The van der Waals surface area contributed by atoms with Gasteiger partial charge in [-0.05, 0) is 72.4 Å². The Kier molecular flexibility index (Phi) is 13.5. The number of carboxylic acids is 1. The van der Waals surface area contributed by atoms with Crippen molar-refractivity contribution in [2.75, 3.05) is 12.0 Å². The van der Waals surface area contributed by atoms with Crippen molar-refractivity contribution in [3.8, 4) is 11.1 Å². The Morgan fingerprint density at radius 3 is 2.49 bits per heavy atom. The van der Waals surface area contributed by atoms with E-state index in [4.69, 9.17) is 0 Å². The minimum atomic E-state index is -0.991. The van der Waals surface area contributed by atoms with E-state index in [1.54, 1.807) is 11.8 Å². The SMILES string of the molecule is CSCCC(NC(=O)c1ccc(CCCCC2CCCCC2)cc1-c1ccccc1C)C(=O)O.[NaH]. The number of thioether (sulfide) groups is 1. The zero-order valence-corrected chi connectivity index (χ0v) is 21.5. The van der Waals surface area contributed by atoms with Crippen molar-refractivity contribution in [1.29, 1.82) is 0 Å². The third-order valence-electron chi connectivity index (χ3n) is 7.03. The number of aliphatic carboxylic acids is 1. The fraction of sp³-hybridized carbons (Fsp3) is 0.517. The van der Waals surface area contributed by atoms with Gasteiger partial charge in [-0.2, -0.15) is 11.8 Å². The van der Waals surface area contributed by atoms with E-state index in [0.29, 0.717) is 17.7 Å². The van der Waals surface area contributed by atoms with Crippen LogP contribution in [0.15, 0.2) is 42.5 Å². The normalized spacial score (nSPS) is 14.7. The average Bonchev–Trinajstić information content (AvgIpc) is 2.85. The Hall–Kier alpha value is -1.27. The molecule has 0 heterocycles. The van der Waals surface area contributed by atoms with E-state index < -0.39 is 12.0 Å². The van der Waals surface area contributed by atoms with Crippen molar-refractivity contribution >= 4 is 53.2 Å². The fourth-order valence-corrected chi connectivity index (χ4v) is 5.48. The summed E-state index contributed by atoms with van der Waals surface area (Å²) in [4.78, 5) is 24.9. The van der Waals surface area contributed by atoms with Crippen LogP contribution in [0.3, 0.4) is 0 Å². The molecule has 186 valence electrons. The zero-order chi connectivity index (χ0) is 24.3. The van der Waals surface area contributed by atoms with Gasteiger partial charge in [-0.3, -0.25) is 4.79 Å². The molecule has 2 aromatic carbocycles. The van der Waals surface area contributed by atoms with E-state index in [0.717, 1.165) is 35.4 Å². The van der Waals surface area contributed by atoms with E-state index in [1.165, 1.54) is 50.5 Å². The van der Waals surface area contributed by atoms with Crippen LogP contribution < -0.4 is 5.32 Å². The molecule has 1 aliphatic carbocycles. The molecule has 0 aromatic heterocycles. The first-order chi connectivity index (χ1) is 16.5. The zero-order valence-electron chi connectivity index (χ0n) is 20.6. The third kappa shape index (κ3) is 9.27. The molecule has 1 amide bonds. The van der Waals surface area contributed by atoms with Crippen molar-refractivity contribution in [3.05, 3.63) is 59.2 Å². The maximum atomic E-state index is 13.2. The number of carbonyl (C=O) groups excluding carboxylic acids is 1. The minimum absolute atomic E-state index is 0. The monoisotopic (exact) mass is 505 g/mol. The molecule has 1 aliphatic rings. The molecule has 6 heteroatoms. The molecule has 1 fully saturated rings. The number of benzene rings is 2. The van der Waals surface area contributed by atoms with Gasteiger partial charge in [0, 0.05) is 5.56 Å². The number of carboxylic acid groups (broad SMARTS) is 1. The Labute approximate surface area is 237 Å². The fourth-order valence-electron chi connectivity index (χ4n) is 5.01. The summed E-state index contributed by atoms with van der Waals surface area (Å²) in [7, 11) is 0. The summed E-state index contributed by atoms with van der Waals surface area (Å²) in [6.45, 7) is 2.05. The molecular formula is C29H40NNaO3S. The van der Waals surface area contributed by atoms with Gasteiger partial charge in [-0.15, -0.1) is 0 Å². The molecule has 0 aliphatic heterocycles. The molecule has 0 bridgehead atoms. The second-order valence-electron chi connectivity index (χ2n) is 9.59. The van der Waals surface area contributed by atoms with E-state index in [1.807, 2.05) is 49.6 Å². The first kappa shape index (κ1) is 30.0. The number of carbonyl (C=O) groups is 2. The van der Waals surface area contributed by atoms with Gasteiger partial charge in [0.25, 0.3) is 5.91 Å². The van der Waals surface area contributed by atoms with Gasteiger partial charge in [0.2, 0.25) is 0 Å². The van der Waals surface area contributed by atoms with Gasteiger partial charge in [-0.1, -0.05) is 81.3 Å². The van der Waals surface area contributed by atoms with Crippen LogP contribution in [0.2, 0.25) is 0 Å². The van der Waals surface area contributed by atoms with Crippen LogP contribution in [0.25, 0.3) is 11.1 Å². The standard InChI is InChI=1S/C29H39NO3S.Na.H/c1-21-10-6-9-15-24(21)26-20-23(14-8-7-13-22-11-4-3-5-12-22)16-17-25(26)28(31)30-27(29(32)33)18-19-34-2;;/h6,9-10,15-17,20,22,27H,3-5,7-8,11-14,18-19H2,1-2H3,(H,30,31)(H,32,33);;. The van der Waals surface area contributed by atoms with Gasteiger partial charge in [0.15, 0.2) is 0 Å². The number of unbranched alkanes of at least 4 members (excludes halogenated alkanes) is 1. The molecule has 4 nitrogen and oxygen atoms in total. The van der Waals surface area contributed by atoms with Gasteiger partial charge in [0.1, 0.15) is 6.04 Å². The molecule has 0 radical (unpaired) electrons. The van der Waals surface area contributed by atoms with Crippen molar-refractivity contribution in [1.82, 2.24) is 5.32 Å². The number of aryl methyl sites for hydroxylation is 2. The Morgan fingerprint density at radius 1 is 1.06 bits per heavy atom. The van der Waals surface area contributed by atoms with Crippen LogP contribution in [-0.4, -0.2) is 64.6 Å².